The van der Waals surface area contributed by atoms with Gasteiger partial charge in [-0.3, -0.25) is 0 Å². The number of hydrogen-bond donors (Lipinski definition) is 1. The fourth-order valence-corrected chi connectivity index (χ4v) is 3.33. The zero-order valence-electron chi connectivity index (χ0n) is 10.6. The van der Waals surface area contributed by atoms with Crippen molar-refractivity contribution in [2.75, 3.05) is 5.32 Å². The molecule has 0 radical (unpaired) electrons. The Morgan fingerprint density at radius 2 is 2.00 bits per heavy atom. The predicted octanol–water partition coefficient (Wildman–Crippen LogP) is 5.99. The molecule has 0 fully saturated rings. The summed E-state index contributed by atoms with van der Waals surface area (Å²) in [5.74, 6) is 0.355. The average molecular weight is 342 g/mol. The summed E-state index contributed by atoms with van der Waals surface area (Å²) in [5.41, 5.74) is 0.629. The monoisotopic (exact) mass is 341 g/mol. The first-order valence-corrected chi connectivity index (χ1v) is 7.71. The van der Waals surface area contributed by atoms with Crippen molar-refractivity contribution in [1.29, 1.82) is 0 Å². The predicted molar refractivity (Wildman–Crippen MR) is 84.9 cm³/mol. The van der Waals surface area contributed by atoms with Gasteiger partial charge in [0.15, 0.2) is 0 Å². The SMILES string of the molecule is Fc1ccc(NC(c2ccco2)c2ccc(Cl)s2)c(Cl)c1. The second kappa shape index (κ2) is 6.10. The number of benzene rings is 1. The van der Waals surface area contributed by atoms with Crippen molar-refractivity contribution in [3.63, 3.8) is 0 Å². The van der Waals surface area contributed by atoms with Gasteiger partial charge in [-0.15, -0.1) is 11.3 Å². The van der Waals surface area contributed by atoms with E-state index in [1.807, 2.05) is 24.3 Å². The number of thiophene rings is 1. The van der Waals surface area contributed by atoms with Gasteiger partial charge in [0.1, 0.15) is 17.6 Å². The summed E-state index contributed by atoms with van der Waals surface area (Å²) in [6.07, 6.45) is 1.60. The zero-order valence-corrected chi connectivity index (χ0v) is 13.0. The van der Waals surface area contributed by atoms with Gasteiger partial charge >= 0.3 is 0 Å². The van der Waals surface area contributed by atoms with Crippen molar-refractivity contribution >= 4 is 40.2 Å². The van der Waals surface area contributed by atoms with E-state index in [2.05, 4.69) is 5.32 Å². The summed E-state index contributed by atoms with van der Waals surface area (Å²) in [4.78, 5) is 0.982. The van der Waals surface area contributed by atoms with Gasteiger partial charge in [0.25, 0.3) is 0 Å². The Kier molecular flexibility index (Phi) is 4.19. The molecule has 0 saturated heterocycles. The van der Waals surface area contributed by atoms with E-state index in [1.165, 1.54) is 23.5 Å². The van der Waals surface area contributed by atoms with Crippen molar-refractivity contribution in [2.45, 2.75) is 6.04 Å². The van der Waals surface area contributed by atoms with Crippen molar-refractivity contribution in [2.24, 2.45) is 0 Å². The Hall–Kier alpha value is -1.49. The summed E-state index contributed by atoms with van der Waals surface area (Å²) < 4.78 is 19.3. The first kappa shape index (κ1) is 14.4. The van der Waals surface area contributed by atoms with E-state index in [9.17, 15) is 4.39 Å². The van der Waals surface area contributed by atoms with E-state index in [1.54, 1.807) is 12.3 Å². The smallest absolute Gasteiger partial charge is 0.131 e. The number of nitrogens with one attached hydrogen (secondary N) is 1. The van der Waals surface area contributed by atoms with Crippen molar-refractivity contribution in [3.8, 4) is 0 Å². The molecular formula is C15H10Cl2FNOS. The molecule has 108 valence electrons. The Morgan fingerprint density at radius 3 is 2.62 bits per heavy atom. The third-order valence-electron chi connectivity index (χ3n) is 2.94. The Labute approximate surface area is 135 Å². The van der Waals surface area contributed by atoms with Crippen LogP contribution in [0.1, 0.15) is 16.7 Å². The molecule has 1 N–H and O–H groups in total. The maximum atomic E-state index is 13.1. The lowest BCUT2D eigenvalue weighted by molar-refractivity contribution is 0.501. The van der Waals surface area contributed by atoms with Crippen LogP contribution in [0.15, 0.2) is 53.1 Å². The van der Waals surface area contributed by atoms with E-state index in [4.69, 9.17) is 27.6 Å². The van der Waals surface area contributed by atoms with Gasteiger partial charge < -0.3 is 9.73 Å². The lowest BCUT2D eigenvalue weighted by Gasteiger charge is -2.17. The topological polar surface area (TPSA) is 25.2 Å². The molecule has 2 nitrogen and oxygen atoms in total. The van der Waals surface area contributed by atoms with Crippen LogP contribution in [0, 0.1) is 5.82 Å². The van der Waals surface area contributed by atoms with Crippen LogP contribution >= 0.6 is 34.5 Å². The molecular weight excluding hydrogens is 332 g/mol. The third kappa shape index (κ3) is 3.23. The number of hydrogen-bond acceptors (Lipinski definition) is 3. The number of halogens is 3. The fraction of sp³-hybridized carbons (Fsp3) is 0.0667. The minimum Gasteiger partial charge on any atom is -0.467 e. The molecule has 2 heterocycles. The third-order valence-corrected chi connectivity index (χ3v) is 4.55. The van der Waals surface area contributed by atoms with Gasteiger partial charge in [-0.1, -0.05) is 23.2 Å². The lowest BCUT2D eigenvalue weighted by atomic mass is 10.1. The van der Waals surface area contributed by atoms with Gasteiger partial charge in [0.05, 0.1) is 21.3 Å². The molecule has 0 aliphatic carbocycles. The van der Waals surface area contributed by atoms with Crippen molar-refractivity contribution in [3.05, 3.63) is 74.5 Å². The summed E-state index contributed by atoms with van der Waals surface area (Å²) in [7, 11) is 0. The molecule has 0 saturated carbocycles. The van der Waals surface area contributed by atoms with Crippen LogP contribution in [0.5, 0.6) is 0 Å². The van der Waals surface area contributed by atoms with Crippen LogP contribution in [0.2, 0.25) is 9.36 Å². The van der Waals surface area contributed by atoms with Crippen LogP contribution in [0.4, 0.5) is 10.1 Å². The number of anilines is 1. The molecule has 0 aliphatic heterocycles. The fourth-order valence-electron chi connectivity index (χ4n) is 1.98. The molecule has 0 aliphatic rings. The minimum absolute atomic E-state index is 0.236. The minimum atomic E-state index is -0.376. The van der Waals surface area contributed by atoms with Gasteiger partial charge in [-0.05, 0) is 42.5 Å². The molecule has 21 heavy (non-hydrogen) atoms. The Morgan fingerprint density at radius 1 is 1.14 bits per heavy atom. The van der Waals surface area contributed by atoms with E-state index < -0.39 is 0 Å². The standard InChI is InChI=1S/C15H10Cl2FNOS/c16-10-8-9(18)3-4-11(10)19-15(12-2-1-7-20-12)13-5-6-14(17)21-13/h1-8,15,19H. The van der Waals surface area contributed by atoms with E-state index >= 15 is 0 Å². The molecule has 1 aromatic carbocycles. The molecule has 3 aromatic rings. The highest BCUT2D eigenvalue weighted by atomic mass is 35.5. The van der Waals surface area contributed by atoms with Crippen LogP contribution in [-0.2, 0) is 0 Å². The molecule has 6 heteroatoms. The van der Waals surface area contributed by atoms with Crippen LogP contribution in [0.3, 0.4) is 0 Å². The molecule has 1 unspecified atom stereocenters. The molecule has 0 spiro atoms. The molecule has 2 aromatic heterocycles. The first-order chi connectivity index (χ1) is 10.1. The normalized spacial score (nSPS) is 12.3. The zero-order chi connectivity index (χ0) is 14.8. The Bertz CT molecular complexity index is 742. The number of furan rings is 1. The van der Waals surface area contributed by atoms with E-state index in [0.717, 1.165) is 10.6 Å². The van der Waals surface area contributed by atoms with Gasteiger partial charge in [-0.2, -0.15) is 0 Å². The second-order valence-electron chi connectivity index (χ2n) is 4.36. The maximum absolute atomic E-state index is 13.1. The summed E-state index contributed by atoms with van der Waals surface area (Å²) >= 11 is 13.5. The molecule has 3 rings (SSSR count). The van der Waals surface area contributed by atoms with Crippen molar-refractivity contribution < 1.29 is 8.81 Å². The molecule has 1 atom stereocenters. The van der Waals surface area contributed by atoms with Crippen molar-refractivity contribution in [1.82, 2.24) is 0 Å². The van der Waals surface area contributed by atoms with E-state index in [0.29, 0.717) is 15.0 Å². The number of rotatable bonds is 4. The summed E-state index contributed by atoms with van der Waals surface area (Å²) in [6, 6.07) is 11.4. The maximum Gasteiger partial charge on any atom is 0.131 e. The van der Waals surface area contributed by atoms with Crippen LogP contribution in [-0.4, -0.2) is 0 Å². The molecule has 0 bridgehead atoms. The van der Waals surface area contributed by atoms with Gasteiger partial charge in [-0.25, -0.2) is 4.39 Å². The van der Waals surface area contributed by atoms with Crippen LogP contribution < -0.4 is 5.32 Å². The largest absolute Gasteiger partial charge is 0.467 e. The first-order valence-electron chi connectivity index (χ1n) is 6.14. The molecule has 0 amide bonds. The quantitative estimate of drug-likeness (QED) is 0.630. The van der Waals surface area contributed by atoms with Gasteiger partial charge in [0.2, 0.25) is 0 Å². The lowest BCUT2D eigenvalue weighted by Crippen LogP contribution is -2.10. The van der Waals surface area contributed by atoms with Crippen LogP contribution in [0.25, 0.3) is 0 Å². The highest BCUT2D eigenvalue weighted by Gasteiger charge is 2.20. The Balaban J connectivity index is 1.96. The summed E-state index contributed by atoms with van der Waals surface area (Å²) in [6.45, 7) is 0. The van der Waals surface area contributed by atoms with E-state index in [-0.39, 0.29) is 11.9 Å². The highest BCUT2D eigenvalue weighted by Crippen LogP contribution is 2.35. The highest BCUT2D eigenvalue weighted by molar-refractivity contribution is 7.16. The average Bonchev–Trinajstić information content (AvgIpc) is 3.09. The summed E-state index contributed by atoms with van der Waals surface area (Å²) in [5, 5.41) is 3.58. The second-order valence-corrected chi connectivity index (χ2v) is 6.51. The van der Waals surface area contributed by atoms with Gasteiger partial charge in [0, 0.05) is 4.88 Å².